The fraction of sp³-hybridized carbons (Fsp3) is 0.259. The van der Waals surface area contributed by atoms with Crippen molar-refractivity contribution < 1.29 is 13.2 Å². The second-order valence-corrected chi connectivity index (χ2v) is 10.2. The molecule has 0 aliphatic rings. The predicted octanol–water partition coefficient (Wildman–Crippen LogP) is 7.85. The maximum Gasteiger partial charge on any atom is 0.416 e. The van der Waals surface area contributed by atoms with Gasteiger partial charge in [-0.25, -0.2) is 0 Å². The van der Waals surface area contributed by atoms with Crippen LogP contribution in [0.25, 0.3) is 17.1 Å². The van der Waals surface area contributed by atoms with Crippen LogP contribution in [-0.4, -0.2) is 14.8 Å². The fourth-order valence-corrected chi connectivity index (χ4v) is 4.57. The van der Waals surface area contributed by atoms with Gasteiger partial charge in [-0.3, -0.25) is 4.57 Å². The molecule has 1 aromatic heterocycles. The summed E-state index contributed by atoms with van der Waals surface area (Å²) in [4.78, 5) is 0. The Labute approximate surface area is 202 Å². The second-order valence-electron chi connectivity index (χ2n) is 9.24. The fourth-order valence-electron chi connectivity index (χ4n) is 3.69. The van der Waals surface area contributed by atoms with Crippen molar-refractivity contribution in [3.05, 3.63) is 95.1 Å². The van der Waals surface area contributed by atoms with Crippen LogP contribution in [0.4, 0.5) is 13.2 Å². The predicted molar refractivity (Wildman–Crippen MR) is 131 cm³/mol. The monoisotopic (exact) mass is 481 g/mol. The molecule has 0 saturated carbocycles. The van der Waals surface area contributed by atoms with E-state index in [0.29, 0.717) is 22.3 Å². The van der Waals surface area contributed by atoms with E-state index in [1.165, 1.54) is 29.5 Å². The Hall–Kier alpha value is -3.06. The van der Waals surface area contributed by atoms with E-state index in [0.717, 1.165) is 22.9 Å². The van der Waals surface area contributed by atoms with Gasteiger partial charge >= 0.3 is 6.18 Å². The lowest BCUT2D eigenvalue weighted by atomic mass is 9.87. The highest BCUT2D eigenvalue weighted by atomic mass is 32.2. The van der Waals surface area contributed by atoms with Crippen molar-refractivity contribution in [2.24, 2.45) is 0 Å². The van der Waals surface area contributed by atoms with Crippen LogP contribution in [0.15, 0.2) is 78.0 Å². The summed E-state index contributed by atoms with van der Waals surface area (Å²) in [5.74, 6) is 1.04. The number of thioether (sulfide) groups is 1. The van der Waals surface area contributed by atoms with Crippen LogP contribution in [0.3, 0.4) is 0 Å². The molecule has 0 saturated heterocycles. The standard InChI is InChI=1S/C27H26F3N3S/c1-18-8-5-6-11-23(18)33-24(20-12-14-21(15-13-20)26(2,3)4)31-32-25(33)34-17-19-9-7-10-22(16-19)27(28,29)30/h5-16H,17H2,1-4H3. The molecule has 0 radical (unpaired) electrons. The number of hydrogen-bond acceptors (Lipinski definition) is 3. The zero-order valence-corrected chi connectivity index (χ0v) is 20.3. The third-order valence-corrected chi connectivity index (χ3v) is 6.62. The number of hydrogen-bond donors (Lipinski definition) is 0. The highest BCUT2D eigenvalue weighted by Gasteiger charge is 2.30. The number of aromatic nitrogens is 3. The van der Waals surface area contributed by atoms with E-state index in [2.05, 4.69) is 43.1 Å². The molecule has 3 aromatic carbocycles. The van der Waals surface area contributed by atoms with Crippen LogP contribution in [0.1, 0.15) is 43.0 Å². The molecule has 34 heavy (non-hydrogen) atoms. The topological polar surface area (TPSA) is 30.7 Å². The van der Waals surface area contributed by atoms with E-state index in [1.54, 1.807) is 6.07 Å². The lowest BCUT2D eigenvalue weighted by Crippen LogP contribution is -2.10. The molecule has 0 spiro atoms. The Morgan fingerprint density at radius 1 is 0.824 bits per heavy atom. The van der Waals surface area contributed by atoms with E-state index in [1.807, 2.05) is 47.9 Å². The minimum Gasteiger partial charge on any atom is -0.270 e. The van der Waals surface area contributed by atoms with Gasteiger partial charge in [0.25, 0.3) is 0 Å². The molecular weight excluding hydrogens is 455 g/mol. The Kier molecular flexibility index (Phi) is 6.58. The summed E-state index contributed by atoms with van der Waals surface area (Å²) < 4.78 is 41.3. The SMILES string of the molecule is Cc1ccccc1-n1c(SCc2cccc(C(F)(F)F)c2)nnc1-c1ccc(C(C)(C)C)cc1. The quantitative estimate of drug-likeness (QED) is 0.272. The van der Waals surface area contributed by atoms with Gasteiger partial charge in [-0.05, 0) is 41.2 Å². The maximum atomic E-state index is 13.1. The van der Waals surface area contributed by atoms with E-state index in [-0.39, 0.29) is 5.41 Å². The summed E-state index contributed by atoms with van der Waals surface area (Å²) in [6, 6.07) is 21.6. The minimum atomic E-state index is -4.37. The van der Waals surface area contributed by atoms with E-state index < -0.39 is 11.7 Å². The van der Waals surface area contributed by atoms with Gasteiger partial charge in [-0.2, -0.15) is 13.2 Å². The van der Waals surface area contributed by atoms with Crippen LogP contribution in [0.5, 0.6) is 0 Å². The molecule has 0 unspecified atom stereocenters. The molecule has 0 atom stereocenters. The minimum absolute atomic E-state index is 0.0359. The van der Waals surface area contributed by atoms with Crippen molar-refractivity contribution in [1.82, 2.24) is 14.8 Å². The second kappa shape index (κ2) is 9.29. The number of nitrogens with zero attached hydrogens (tertiary/aromatic N) is 3. The first-order valence-corrected chi connectivity index (χ1v) is 11.9. The summed E-state index contributed by atoms with van der Waals surface area (Å²) in [6.07, 6.45) is -4.37. The zero-order chi connectivity index (χ0) is 24.5. The molecule has 1 heterocycles. The molecule has 176 valence electrons. The van der Waals surface area contributed by atoms with Gasteiger partial charge in [0.15, 0.2) is 11.0 Å². The number of alkyl halides is 3. The summed E-state index contributed by atoms with van der Waals surface area (Å²) in [6.45, 7) is 8.52. The molecule has 0 aliphatic carbocycles. The van der Waals surface area contributed by atoms with Gasteiger partial charge in [0.2, 0.25) is 0 Å². The van der Waals surface area contributed by atoms with E-state index in [4.69, 9.17) is 0 Å². The van der Waals surface area contributed by atoms with Crippen molar-refractivity contribution in [3.63, 3.8) is 0 Å². The molecule has 4 aromatic rings. The van der Waals surface area contributed by atoms with E-state index >= 15 is 0 Å². The van der Waals surface area contributed by atoms with Crippen LogP contribution in [0, 0.1) is 6.92 Å². The smallest absolute Gasteiger partial charge is 0.270 e. The highest BCUT2D eigenvalue weighted by Crippen LogP contribution is 2.34. The highest BCUT2D eigenvalue weighted by molar-refractivity contribution is 7.98. The normalized spacial score (nSPS) is 12.2. The van der Waals surface area contributed by atoms with Gasteiger partial charge in [0.1, 0.15) is 0 Å². The molecule has 0 amide bonds. The Morgan fingerprint density at radius 3 is 2.18 bits per heavy atom. The Balaban J connectivity index is 1.72. The molecule has 0 N–H and O–H groups in total. The molecular formula is C27H26F3N3S. The van der Waals surface area contributed by atoms with Crippen molar-refractivity contribution >= 4 is 11.8 Å². The van der Waals surface area contributed by atoms with Crippen LogP contribution in [-0.2, 0) is 17.3 Å². The van der Waals surface area contributed by atoms with Crippen molar-refractivity contribution in [2.45, 2.75) is 50.2 Å². The first-order chi connectivity index (χ1) is 16.0. The van der Waals surface area contributed by atoms with Crippen molar-refractivity contribution in [3.8, 4) is 17.1 Å². The lowest BCUT2D eigenvalue weighted by Gasteiger charge is -2.19. The van der Waals surface area contributed by atoms with Gasteiger partial charge in [0.05, 0.1) is 11.3 Å². The molecule has 3 nitrogen and oxygen atoms in total. The Bertz CT molecular complexity index is 1290. The summed E-state index contributed by atoms with van der Waals surface area (Å²) in [5.41, 5.74) is 4.10. The zero-order valence-electron chi connectivity index (χ0n) is 19.5. The van der Waals surface area contributed by atoms with Crippen LogP contribution >= 0.6 is 11.8 Å². The maximum absolute atomic E-state index is 13.1. The van der Waals surface area contributed by atoms with Gasteiger partial charge < -0.3 is 0 Å². The third-order valence-electron chi connectivity index (χ3n) is 5.62. The van der Waals surface area contributed by atoms with Gasteiger partial charge in [-0.1, -0.05) is 93.2 Å². The summed E-state index contributed by atoms with van der Waals surface area (Å²) in [5, 5.41) is 9.52. The molecule has 0 bridgehead atoms. The van der Waals surface area contributed by atoms with Gasteiger partial charge in [0, 0.05) is 11.3 Å². The lowest BCUT2D eigenvalue weighted by molar-refractivity contribution is -0.137. The van der Waals surface area contributed by atoms with Gasteiger partial charge in [-0.15, -0.1) is 10.2 Å². The Morgan fingerprint density at radius 2 is 1.53 bits per heavy atom. The number of rotatable bonds is 5. The number of para-hydroxylation sites is 1. The first-order valence-electron chi connectivity index (χ1n) is 11.0. The largest absolute Gasteiger partial charge is 0.416 e. The average Bonchev–Trinajstić information content (AvgIpc) is 3.21. The number of benzene rings is 3. The molecule has 0 fully saturated rings. The molecule has 4 rings (SSSR count). The number of aryl methyl sites for hydroxylation is 1. The van der Waals surface area contributed by atoms with Crippen molar-refractivity contribution in [1.29, 1.82) is 0 Å². The average molecular weight is 482 g/mol. The molecule has 0 aliphatic heterocycles. The molecule has 7 heteroatoms. The van der Waals surface area contributed by atoms with Crippen LogP contribution in [0.2, 0.25) is 0 Å². The van der Waals surface area contributed by atoms with E-state index in [9.17, 15) is 13.2 Å². The third kappa shape index (κ3) is 5.20. The summed E-state index contributed by atoms with van der Waals surface area (Å²) >= 11 is 1.37. The first kappa shape index (κ1) is 24.1. The number of halogens is 3. The van der Waals surface area contributed by atoms with Crippen molar-refractivity contribution in [2.75, 3.05) is 0 Å². The van der Waals surface area contributed by atoms with Crippen LogP contribution < -0.4 is 0 Å². The summed E-state index contributed by atoms with van der Waals surface area (Å²) in [7, 11) is 0.